The number of alkyl halides is 2. The Balaban J connectivity index is 1.82. The Labute approximate surface area is 139 Å². The molecule has 2 rings (SSSR count). The fraction of sp³-hybridized carbons (Fsp3) is 0.533. The van der Waals surface area contributed by atoms with Crippen LogP contribution in [0.5, 0.6) is 5.75 Å². The van der Waals surface area contributed by atoms with E-state index in [2.05, 4.69) is 10.1 Å². The number of hydrogen-bond acceptors (Lipinski definition) is 5. The first-order valence-corrected chi connectivity index (χ1v) is 9.28. The molecule has 134 valence electrons. The van der Waals surface area contributed by atoms with Crippen molar-refractivity contribution in [2.75, 3.05) is 25.1 Å². The molecule has 6 nitrogen and oxygen atoms in total. The summed E-state index contributed by atoms with van der Waals surface area (Å²) in [5.74, 6) is -0.115. The molecule has 0 saturated carbocycles. The molecular formula is C15H20F2N2O4S. The second-order valence-corrected chi connectivity index (χ2v) is 8.09. The molecule has 1 aromatic carbocycles. The Morgan fingerprint density at radius 2 is 2.21 bits per heavy atom. The van der Waals surface area contributed by atoms with E-state index in [1.807, 2.05) is 0 Å². The number of hydrogen-bond donors (Lipinski definition) is 1. The monoisotopic (exact) mass is 362 g/mol. The minimum atomic E-state index is -3.04. The average Bonchev–Trinajstić information content (AvgIpc) is 2.76. The lowest BCUT2D eigenvalue weighted by molar-refractivity contribution is -0.122. The van der Waals surface area contributed by atoms with Crippen molar-refractivity contribution in [1.82, 2.24) is 10.2 Å². The molecule has 0 bridgehead atoms. The number of carbonyl (C=O) groups excluding carboxylic acids is 1. The van der Waals surface area contributed by atoms with Crippen molar-refractivity contribution < 1.29 is 26.7 Å². The van der Waals surface area contributed by atoms with E-state index in [9.17, 15) is 22.0 Å². The van der Waals surface area contributed by atoms with Gasteiger partial charge < -0.3 is 10.1 Å². The van der Waals surface area contributed by atoms with Gasteiger partial charge in [-0.3, -0.25) is 9.69 Å². The molecule has 1 aliphatic rings. The highest BCUT2D eigenvalue weighted by Gasteiger charge is 2.28. The molecule has 1 saturated heterocycles. The van der Waals surface area contributed by atoms with Gasteiger partial charge in [-0.2, -0.15) is 8.78 Å². The van der Waals surface area contributed by atoms with Crippen molar-refractivity contribution in [3.8, 4) is 5.75 Å². The topological polar surface area (TPSA) is 75.7 Å². The first kappa shape index (κ1) is 18.6. The zero-order valence-corrected chi connectivity index (χ0v) is 14.1. The zero-order chi connectivity index (χ0) is 17.7. The van der Waals surface area contributed by atoms with Gasteiger partial charge in [-0.05, 0) is 31.2 Å². The molecule has 0 spiro atoms. The third-order valence-corrected chi connectivity index (χ3v) is 5.36. The van der Waals surface area contributed by atoms with Crippen LogP contribution in [0.15, 0.2) is 24.3 Å². The molecule has 1 fully saturated rings. The van der Waals surface area contributed by atoms with Crippen molar-refractivity contribution in [2.24, 2.45) is 0 Å². The highest BCUT2D eigenvalue weighted by atomic mass is 32.2. The van der Waals surface area contributed by atoms with Crippen LogP contribution in [0.2, 0.25) is 0 Å². The standard InChI is InChI=1S/C15H20F2N2O4S/c1-19(8-11-3-2-4-13(7-11)23-15(16)17)9-14(20)18-12-5-6-24(21,22)10-12/h2-4,7,12,15H,5-6,8-10H2,1H3,(H,18,20). The normalized spacial score (nSPS) is 19.6. The van der Waals surface area contributed by atoms with Crippen LogP contribution in [0.4, 0.5) is 8.78 Å². The number of amides is 1. The Morgan fingerprint density at radius 1 is 1.46 bits per heavy atom. The maximum absolute atomic E-state index is 12.2. The number of halogens is 2. The van der Waals surface area contributed by atoms with E-state index >= 15 is 0 Å². The summed E-state index contributed by atoms with van der Waals surface area (Å²) in [6.07, 6.45) is 0.435. The van der Waals surface area contributed by atoms with Crippen LogP contribution < -0.4 is 10.1 Å². The van der Waals surface area contributed by atoms with Crippen LogP contribution in [0.3, 0.4) is 0 Å². The molecule has 0 radical (unpaired) electrons. The average molecular weight is 362 g/mol. The summed E-state index contributed by atoms with van der Waals surface area (Å²) in [6.45, 7) is -2.43. The Bertz CT molecular complexity index is 682. The maximum Gasteiger partial charge on any atom is 0.387 e. The molecule has 1 aliphatic heterocycles. The number of rotatable bonds is 7. The van der Waals surface area contributed by atoms with Gasteiger partial charge in [0.2, 0.25) is 5.91 Å². The quantitative estimate of drug-likeness (QED) is 0.784. The lowest BCUT2D eigenvalue weighted by atomic mass is 10.2. The van der Waals surface area contributed by atoms with Crippen LogP contribution in [-0.4, -0.2) is 57.0 Å². The van der Waals surface area contributed by atoms with Crippen LogP contribution >= 0.6 is 0 Å². The zero-order valence-electron chi connectivity index (χ0n) is 13.2. The van der Waals surface area contributed by atoms with E-state index in [0.29, 0.717) is 13.0 Å². The number of likely N-dealkylation sites (N-methyl/N-ethyl adjacent to an activating group) is 1. The smallest absolute Gasteiger partial charge is 0.387 e. The first-order chi connectivity index (χ1) is 11.2. The molecular weight excluding hydrogens is 342 g/mol. The molecule has 0 aromatic heterocycles. The van der Waals surface area contributed by atoms with Gasteiger partial charge >= 0.3 is 6.61 Å². The molecule has 0 aliphatic carbocycles. The van der Waals surface area contributed by atoms with Crippen molar-refractivity contribution >= 4 is 15.7 Å². The SMILES string of the molecule is CN(CC(=O)NC1CCS(=O)(=O)C1)Cc1cccc(OC(F)F)c1. The summed E-state index contributed by atoms with van der Waals surface area (Å²) in [6, 6.07) is 5.94. The van der Waals surface area contributed by atoms with Crippen molar-refractivity contribution in [3.05, 3.63) is 29.8 Å². The highest BCUT2D eigenvalue weighted by Crippen LogP contribution is 2.17. The molecule has 9 heteroatoms. The van der Waals surface area contributed by atoms with Crippen LogP contribution in [0.25, 0.3) is 0 Å². The molecule has 1 aromatic rings. The Hall–Kier alpha value is -1.74. The van der Waals surface area contributed by atoms with E-state index in [1.165, 1.54) is 12.1 Å². The fourth-order valence-corrected chi connectivity index (χ4v) is 4.29. The van der Waals surface area contributed by atoms with Crippen molar-refractivity contribution in [1.29, 1.82) is 0 Å². The van der Waals surface area contributed by atoms with Gasteiger partial charge in [-0.15, -0.1) is 0 Å². The van der Waals surface area contributed by atoms with Crippen LogP contribution in [0.1, 0.15) is 12.0 Å². The van der Waals surface area contributed by atoms with E-state index in [4.69, 9.17) is 0 Å². The van der Waals surface area contributed by atoms with Crippen LogP contribution in [0, 0.1) is 0 Å². The number of nitrogens with zero attached hydrogens (tertiary/aromatic N) is 1. The molecule has 1 unspecified atom stereocenters. The van der Waals surface area contributed by atoms with Crippen LogP contribution in [-0.2, 0) is 21.2 Å². The van der Waals surface area contributed by atoms with E-state index in [0.717, 1.165) is 5.56 Å². The summed E-state index contributed by atoms with van der Waals surface area (Å²) in [4.78, 5) is 13.7. The summed E-state index contributed by atoms with van der Waals surface area (Å²) in [5, 5.41) is 2.71. The van der Waals surface area contributed by atoms with E-state index in [1.54, 1.807) is 24.1 Å². The summed E-state index contributed by atoms with van der Waals surface area (Å²) < 4.78 is 51.5. The lowest BCUT2D eigenvalue weighted by Gasteiger charge is -2.18. The molecule has 1 atom stereocenters. The number of sulfone groups is 1. The summed E-state index contributed by atoms with van der Waals surface area (Å²) in [5.41, 5.74) is 0.729. The van der Waals surface area contributed by atoms with Gasteiger partial charge in [0.05, 0.1) is 18.1 Å². The minimum absolute atomic E-state index is 0.0184. The Morgan fingerprint density at radius 3 is 2.83 bits per heavy atom. The second kappa shape index (κ2) is 7.89. The number of carbonyl (C=O) groups is 1. The largest absolute Gasteiger partial charge is 0.435 e. The summed E-state index contributed by atoms with van der Waals surface area (Å²) >= 11 is 0. The predicted octanol–water partition coefficient (Wildman–Crippen LogP) is 1.02. The highest BCUT2D eigenvalue weighted by molar-refractivity contribution is 7.91. The van der Waals surface area contributed by atoms with Gasteiger partial charge in [0.1, 0.15) is 5.75 Å². The van der Waals surface area contributed by atoms with E-state index < -0.39 is 16.4 Å². The molecule has 1 N–H and O–H groups in total. The first-order valence-electron chi connectivity index (χ1n) is 7.45. The van der Waals surface area contributed by atoms with Gasteiger partial charge in [0, 0.05) is 12.6 Å². The van der Waals surface area contributed by atoms with Crippen molar-refractivity contribution in [2.45, 2.75) is 25.6 Å². The lowest BCUT2D eigenvalue weighted by Crippen LogP contribution is -2.41. The van der Waals surface area contributed by atoms with Gasteiger partial charge in [0.15, 0.2) is 9.84 Å². The number of benzene rings is 1. The maximum atomic E-state index is 12.2. The summed E-state index contributed by atoms with van der Waals surface area (Å²) in [7, 11) is -1.32. The molecule has 1 heterocycles. The van der Waals surface area contributed by atoms with Gasteiger partial charge in [0.25, 0.3) is 0 Å². The molecule has 1 amide bonds. The molecule has 24 heavy (non-hydrogen) atoms. The predicted molar refractivity (Wildman–Crippen MR) is 84.6 cm³/mol. The third-order valence-electron chi connectivity index (χ3n) is 3.59. The second-order valence-electron chi connectivity index (χ2n) is 5.87. The van der Waals surface area contributed by atoms with Gasteiger partial charge in [-0.1, -0.05) is 12.1 Å². The van der Waals surface area contributed by atoms with E-state index in [-0.39, 0.29) is 35.7 Å². The van der Waals surface area contributed by atoms with Gasteiger partial charge in [-0.25, -0.2) is 8.42 Å². The third kappa shape index (κ3) is 6.04. The number of nitrogens with one attached hydrogen (secondary N) is 1. The fourth-order valence-electron chi connectivity index (χ4n) is 2.61. The Kier molecular flexibility index (Phi) is 6.11. The minimum Gasteiger partial charge on any atom is -0.435 e. The van der Waals surface area contributed by atoms with Crippen molar-refractivity contribution in [3.63, 3.8) is 0 Å². The number of ether oxygens (including phenoxy) is 1.